The van der Waals surface area contributed by atoms with E-state index in [1.807, 2.05) is 0 Å². The highest BCUT2D eigenvalue weighted by molar-refractivity contribution is 6.18. The van der Waals surface area contributed by atoms with Crippen molar-refractivity contribution in [2.24, 2.45) is 11.3 Å². The summed E-state index contributed by atoms with van der Waals surface area (Å²) in [4.78, 5) is 0. The van der Waals surface area contributed by atoms with Gasteiger partial charge in [-0.3, -0.25) is 0 Å². The summed E-state index contributed by atoms with van der Waals surface area (Å²) in [5.74, 6) is 1.37. The topological polar surface area (TPSA) is 0 Å². The molecule has 14 heavy (non-hydrogen) atoms. The molecule has 1 aromatic carbocycles. The monoisotopic (exact) mass is 208 g/mol. The number of hydrogen-bond acceptors (Lipinski definition) is 0. The molecule has 0 aliphatic heterocycles. The number of halogens is 1. The van der Waals surface area contributed by atoms with Gasteiger partial charge in [0.15, 0.2) is 0 Å². The van der Waals surface area contributed by atoms with E-state index in [1.54, 1.807) is 0 Å². The Bertz CT molecular complexity index is 328. The number of rotatable bonds is 2. The van der Waals surface area contributed by atoms with Crippen LogP contribution in [-0.4, -0.2) is 5.88 Å². The minimum absolute atomic E-state index is 0.274. The van der Waals surface area contributed by atoms with Crippen molar-refractivity contribution in [3.05, 3.63) is 35.9 Å². The lowest BCUT2D eigenvalue weighted by molar-refractivity contribution is 0.522. The fourth-order valence-electron chi connectivity index (χ4n) is 2.81. The predicted octanol–water partition coefficient (Wildman–Crippen LogP) is 3.84. The van der Waals surface area contributed by atoms with Gasteiger partial charge >= 0.3 is 0 Å². The van der Waals surface area contributed by atoms with Crippen LogP contribution in [0.2, 0.25) is 0 Å². The Kier molecular flexibility index (Phi) is 2.15. The summed E-state index contributed by atoms with van der Waals surface area (Å²) >= 11 is 6.02. The van der Waals surface area contributed by atoms with Crippen LogP contribution < -0.4 is 0 Å². The van der Waals surface area contributed by atoms with Crippen LogP contribution in [0.4, 0.5) is 0 Å². The Hall–Kier alpha value is -0.490. The molecular weight excluding hydrogens is 192 g/mol. The van der Waals surface area contributed by atoms with E-state index in [4.69, 9.17) is 11.6 Å². The van der Waals surface area contributed by atoms with Gasteiger partial charge in [-0.25, -0.2) is 0 Å². The van der Waals surface area contributed by atoms with Gasteiger partial charge in [-0.15, -0.1) is 11.6 Å². The fraction of sp³-hybridized carbons (Fsp3) is 0.538. The fourth-order valence-corrected chi connectivity index (χ4v) is 3.50. The molecule has 76 valence electrons. The highest BCUT2D eigenvalue weighted by atomic mass is 35.5. The summed E-state index contributed by atoms with van der Waals surface area (Å²) in [5.41, 5.74) is 2.04. The van der Waals surface area contributed by atoms with Crippen molar-refractivity contribution in [2.45, 2.75) is 26.2 Å². The Morgan fingerprint density at radius 2 is 1.71 bits per heavy atom. The van der Waals surface area contributed by atoms with Gasteiger partial charge in [0.05, 0.1) is 0 Å². The van der Waals surface area contributed by atoms with Crippen LogP contribution in [0.3, 0.4) is 0 Å². The van der Waals surface area contributed by atoms with Gasteiger partial charge in [-0.1, -0.05) is 51.1 Å². The molecule has 0 saturated heterocycles. The van der Waals surface area contributed by atoms with E-state index in [-0.39, 0.29) is 5.41 Å². The third-order valence-electron chi connectivity index (χ3n) is 4.35. The van der Waals surface area contributed by atoms with Crippen LogP contribution >= 0.6 is 11.6 Å². The number of benzene rings is 1. The molecule has 0 N–H and O–H groups in total. The van der Waals surface area contributed by atoms with Crippen molar-refractivity contribution in [1.82, 2.24) is 0 Å². The normalized spacial score (nSPS) is 34.1. The first-order chi connectivity index (χ1) is 6.55. The standard InChI is InChI=1S/C13H17Cl/c1-12(2)11(9-14)13(12,3)10-7-5-4-6-8-10/h4-8,11H,9H2,1-3H3. The summed E-state index contributed by atoms with van der Waals surface area (Å²) < 4.78 is 0. The summed E-state index contributed by atoms with van der Waals surface area (Å²) in [5, 5.41) is 0. The van der Waals surface area contributed by atoms with Crippen molar-refractivity contribution in [1.29, 1.82) is 0 Å². The van der Waals surface area contributed by atoms with Gasteiger partial charge in [0.2, 0.25) is 0 Å². The maximum Gasteiger partial charge on any atom is 0.0265 e. The van der Waals surface area contributed by atoms with Crippen LogP contribution in [0, 0.1) is 11.3 Å². The van der Waals surface area contributed by atoms with Crippen molar-refractivity contribution >= 4 is 11.6 Å². The lowest BCUT2D eigenvalue weighted by Gasteiger charge is -2.14. The molecule has 0 spiro atoms. The highest BCUT2D eigenvalue weighted by Crippen LogP contribution is 2.69. The number of alkyl halides is 1. The lowest BCUT2D eigenvalue weighted by Crippen LogP contribution is -2.09. The van der Waals surface area contributed by atoms with Gasteiger partial charge in [0.1, 0.15) is 0 Å². The lowest BCUT2D eigenvalue weighted by atomic mass is 9.90. The molecule has 0 bridgehead atoms. The van der Waals surface area contributed by atoms with E-state index in [0.717, 1.165) is 5.88 Å². The molecular formula is C13H17Cl. The minimum Gasteiger partial charge on any atom is -0.126 e. The molecule has 2 atom stereocenters. The zero-order valence-electron chi connectivity index (χ0n) is 9.05. The van der Waals surface area contributed by atoms with Gasteiger partial charge < -0.3 is 0 Å². The molecule has 1 saturated carbocycles. The molecule has 1 aromatic rings. The molecule has 1 aliphatic rings. The van der Waals surface area contributed by atoms with Crippen molar-refractivity contribution in [3.63, 3.8) is 0 Å². The van der Waals surface area contributed by atoms with Crippen LogP contribution in [0.5, 0.6) is 0 Å². The van der Waals surface area contributed by atoms with Crippen molar-refractivity contribution in [2.75, 3.05) is 5.88 Å². The smallest absolute Gasteiger partial charge is 0.0265 e. The van der Waals surface area contributed by atoms with Gasteiger partial charge in [0.25, 0.3) is 0 Å². The van der Waals surface area contributed by atoms with Crippen LogP contribution in [0.25, 0.3) is 0 Å². The van der Waals surface area contributed by atoms with Gasteiger partial charge in [-0.2, -0.15) is 0 Å². The maximum absolute atomic E-state index is 6.02. The SMILES string of the molecule is CC1(C)C(CCl)C1(C)c1ccccc1. The van der Waals surface area contributed by atoms with Crippen LogP contribution in [0.15, 0.2) is 30.3 Å². The van der Waals surface area contributed by atoms with Crippen LogP contribution in [0.1, 0.15) is 26.3 Å². The largest absolute Gasteiger partial charge is 0.126 e. The highest BCUT2D eigenvalue weighted by Gasteiger charge is 2.67. The Balaban J connectivity index is 2.37. The second-order valence-corrected chi connectivity index (χ2v) is 5.31. The maximum atomic E-state index is 6.02. The average molecular weight is 209 g/mol. The molecule has 2 unspecified atom stereocenters. The summed E-state index contributed by atoms with van der Waals surface area (Å²) in [7, 11) is 0. The van der Waals surface area contributed by atoms with Crippen molar-refractivity contribution < 1.29 is 0 Å². The first-order valence-electron chi connectivity index (χ1n) is 5.16. The molecule has 0 amide bonds. The Morgan fingerprint density at radius 3 is 2.14 bits per heavy atom. The Morgan fingerprint density at radius 1 is 1.14 bits per heavy atom. The molecule has 2 rings (SSSR count). The molecule has 0 aromatic heterocycles. The first-order valence-corrected chi connectivity index (χ1v) is 5.70. The predicted molar refractivity (Wildman–Crippen MR) is 61.8 cm³/mol. The zero-order chi connectivity index (χ0) is 10.4. The van der Waals surface area contributed by atoms with E-state index in [0.29, 0.717) is 11.3 Å². The van der Waals surface area contributed by atoms with Crippen molar-refractivity contribution in [3.8, 4) is 0 Å². The summed E-state index contributed by atoms with van der Waals surface area (Å²) in [6.45, 7) is 6.95. The number of hydrogen-bond donors (Lipinski definition) is 0. The average Bonchev–Trinajstić information content (AvgIpc) is 2.63. The third-order valence-corrected chi connectivity index (χ3v) is 4.66. The van der Waals surface area contributed by atoms with E-state index < -0.39 is 0 Å². The molecule has 0 heterocycles. The summed E-state index contributed by atoms with van der Waals surface area (Å²) in [6.07, 6.45) is 0. The minimum atomic E-state index is 0.274. The molecule has 1 aliphatic carbocycles. The molecule has 1 fully saturated rings. The van der Waals surface area contributed by atoms with E-state index in [9.17, 15) is 0 Å². The second-order valence-electron chi connectivity index (χ2n) is 5.00. The van der Waals surface area contributed by atoms with Gasteiger partial charge in [0, 0.05) is 11.3 Å². The quantitative estimate of drug-likeness (QED) is 0.648. The molecule has 1 heteroatoms. The van der Waals surface area contributed by atoms with Gasteiger partial charge in [-0.05, 0) is 16.9 Å². The van der Waals surface area contributed by atoms with Crippen LogP contribution in [-0.2, 0) is 5.41 Å². The second kappa shape index (κ2) is 3.00. The summed E-state index contributed by atoms with van der Waals surface area (Å²) in [6, 6.07) is 10.7. The van der Waals surface area contributed by atoms with E-state index in [1.165, 1.54) is 5.56 Å². The zero-order valence-corrected chi connectivity index (χ0v) is 9.81. The van der Waals surface area contributed by atoms with E-state index >= 15 is 0 Å². The Labute approximate surface area is 91.3 Å². The molecule has 0 nitrogen and oxygen atoms in total. The van der Waals surface area contributed by atoms with E-state index in [2.05, 4.69) is 51.1 Å². The third kappa shape index (κ3) is 1.07. The first kappa shape index (κ1) is 10.0. The molecule has 0 radical (unpaired) electrons.